The van der Waals surface area contributed by atoms with Gasteiger partial charge in [-0.2, -0.15) is 0 Å². The van der Waals surface area contributed by atoms with E-state index in [1.807, 2.05) is 33.8 Å². The number of hydrogen-bond acceptors (Lipinski definition) is 3. The lowest BCUT2D eigenvalue weighted by atomic mass is 9.87. The first kappa shape index (κ1) is 12.7. The number of carbonyl (C=O) groups excluding carboxylic acids is 1. The highest BCUT2D eigenvalue weighted by Crippen LogP contribution is 2.27. The van der Waals surface area contributed by atoms with E-state index in [4.69, 9.17) is 4.74 Å². The van der Waals surface area contributed by atoms with Crippen molar-refractivity contribution in [2.24, 2.45) is 5.92 Å². The van der Waals surface area contributed by atoms with Crippen LogP contribution in [-0.4, -0.2) is 17.6 Å². The second kappa shape index (κ2) is 5.64. The predicted octanol–water partition coefficient (Wildman–Crippen LogP) is 2.69. The summed E-state index contributed by atoms with van der Waals surface area (Å²) in [5.41, 5.74) is 2.05. The lowest BCUT2D eigenvalue weighted by molar-refractivity contribution is -0.146. The number of ether oxygens (including phenoxy) is 1. The van der Waals surface area contributed by atoms with Crippen LogP contribution in [-0.2, 0) is 9.53 Å². The van der Waals surface area contributed by atoms with Gasteiger partial charge in [0.2, 0.25) is 0 Å². The minimum Gasteiger partial charge on any atom is -0.466 e. The van der Waals surface area contributed by atoms with Gasteiger partial charge in [0.15, 0.2) is 0 Å². The van der Waals surface area contributed by atoms with Gasteiger partial charge in [0.25, 0.3) is 0 Å². The summed E-state index contributed by atoms with van der Waals surface area (Å²) in [5.74, 6) is -0.163. The number of nitrogens with zero attached hydrogens (tertiary/aromatic N) is 1. The lowest BCUT2D eigenvalue weighted by Crippen LogP contribution is -2.21. The highest BCUT2D eigenvalue weighted by Gasteiger charge is 2.26. The first-order valence-electron chi connectivity index (χ1n) is 5.65. The van der Waals surface area contributed by atoms with Crippen molar-refractivity contribution in [1.29, 1.82) is 0 Å². The van der Waals surface area contributed by atoms with Gasteiger partial charge < -0.3 is 4.74 Å². The minimum absolute atomic E-state index is 0.159. The molecule has 0 saturated carbocycles. The molecule has 1 atom stereocenters. The van der Waals surface area contributed by atoms with Crippen molar-refractivity contribution >= 4 is 5.97 Å². The molecule has 1 heterocycles. The van der Waals surface area contributed by atoms with Crippen molar-refractivity contribution in [1.82, 2.24) is 4.98 Å². The summed E-state index contributed by atoms with van der Waals surface area (Å²) in [5, 5.41) is 0. The SMILES string of the molecule is CCOC(=O)C(c1cnccc1C)C(C)C. The molecule has 0 saturated heterocycles. The molecular formula is C13H19NO2. The van der Waals surface area contributed by atoms with E-state index in [2.05, 4.69) is 4.98 Å². The fourth-order valence-corrected chi connectivity index (χ4v) is 1.79. The molecule has 16 heavy (non-hydrogen) atoms. The average molecular weight is 221 g/mol. The summed E-state index contributed by atoms with van der Waals surface area (Å²) in [6, 6.07) is 1.92. The first-order chi connectivity index (χ1) is 7.57. The highest BCUT2D eigenvalue weighted by atomic mass is 16.5. The van der Waals surface area contributed by atoms with E-state index in [0.29, 0.717) is 6.61 Å². The zero-order valence-electron chi connectivity index (χ0n) is 10.4. The second-order valence-corrected chi connectivity index (χ2v) is 4.21. The van der Waals surface area contributed by atoms with Gasteiger partial charge in [-0.05, 0) is 37.0 Å². The highest BCUT2D eigenvalue weighted by molar-refractivity contribution is 5.78. The third kappa shape index (κ3) is 2.81. The zero-order chi connectivity index (χ0) is 12.1. The topological polar surface area (TPSA) is 39.2 Å². The minimum atomic E-state index is -0.214. The van der Waals surface area contributed by atoms with Crippen molar-refractivity contribution in [3.8, 4) is 0 Å². The van der Waals surface area contributed by atoms with Gasteiger partial charge in [0, 0.05) is 12.4 Å². The fraction of sp³-hybridized carbons (Fsp3) is 0.538. The predicted molar refractivity (Wildman–Crippen MR) is 63.2 cm³/mol. The molecule has 1 unspecified atom stereocenters. The molecular weight excluding hydrogens is 202 g/mol. The third-order valence-electron chi connectivity index (χ3n) is 2.62. The fourth-order valence-electron chi connectivity index (χ4n) is 1.79. The van der Waals surface area contributed by atoms with Crippen LogP contribution < -0.4 is 0 Å². The molecule has 1 aromatic rings. The zero-order valence-corrected chi connectivity index (χ0v) is 10.4. The van der Waals surface area contributed by atoms with E-state index in [-0.39, 0.29) is 17.8 Å². The van der Waals surface area contributed by atoms with Crippen LogP contribution in [0.4, 0.5) is 0 Å². The van der Waals surface area contributed by atoms with E-state index in [9.17, 15) is 4.79 Å². The number of pyridine rings is 1. The molecule has 0 aliphatic rings. The van der Waals surface area contributed by atoms with E-state index in [1.54, 1.807) is 12.4 Å². The Bertz CT molecular complexity index is 361. The number of carbonyl (C=O) groups is 1. The summed E-state index contributed by atoms with van der Waals surface area (Å²) in [6.07, 6.45) is 3.50. The molecule has 1 aromatic heterocycles. The Labute approximate surface area is 96.8 Å². The molecule has 0 bridgehead atoms. The van der Waals surface area contributed by atoms with Crippen LogP contribution in [0.1, 0.15) is 37.8 Å². The molecule has 0 aliphatic carbocycles. The summed E-state index contributed by atoms with van der Waals surface area (Å²) in [4.78, 5) is 16.0. The molecule has 88 valence electrons. The van der Waals surface area contributed by atoms with Crippen molar-refractivity contribution < 1.29 is 9.53 Å². The van der Waals surface area contributed by atoms with Gasteiger partial charge in [-0.1, -0.05) is 13.8 Å². The second-order valence-electron chi connectivity index (χ2n) is 4.21. The van der Waals surface area contributed by atoms with Crippen molar-refractivity contribution in [3.63, 3.8) is 0 Å². The van der Waals surface area contributed by atoms with E-state index in [0.717, 1.165) is 11.1 Å². The molecule has 0 aliphatic heterocycles. The number of esters is 1. The number of rotatable bonds is 4. The van der Waals surface area contributed by atoms with Crippen LogP contribution in [0.5, 0.6) is 0 Å². The Hall–Kier alpha value is -1.38. The van der Waals surface area contributed by atoms with E-state index < -0.39 is 0 Å². The van der Waals surface area contributed by atoms with E-state index in [1.165, 1.54) is 0 Å². The quantitative estimate of drug-likeness (QED) is 0.734. The Morgan fingerprint density at radius 2 is 2.19 bits per heavy atom. The van der Waals surface area contributed by atoms with Gasteiger partial charge in [0.05, 0.1) is 12.5 Å². The Balaban J connectivity index is 3.03. The summed E-state index contributed by atoms with van der Waals surface area (Å²) >= 11 is 0. The van der Waals surface area contributed by atoms with Crippen molar-refractivity contribution in [3.05, 3.63) is 29.6 Å². The third-order valence-corrected chi connectivity index (χ3v) is 2.62. The van der Waals surface area contributed by atoms with Gasteiger partial charge in [-0.3, -0.25) is 9.78 Å². The summed E-state index contributed by atoms with van der Waals surface area (Å²) in [7, 11) is 0. The summed E-state index contributed by atoms with van der Waals surface area (Å²) < 4.78 is 5.11. The van der Waals surface area contributed by atoms with E-state index >= 15 is 0 Å². The molecule has 0 spiro atoms. The molecule has 0 fully saturated rings. The molecule has 1 rings (SSSR count). The Morgan fingerprint density at radius 1 is 1.50 bits per heavy atom. The monoisotopic (exact) mass is 221 g/mol. The molecule has 0 N–H and O–H groups in total. The van der Waals surface area contributed by atoms with Crippen LogP contribution in [0, 0.1) is 12.8 Å². The molecule has 0 aromatic carbocycles. The van der Waals surface area contributed by atoms with Gasteiger partial charge in [0.1, 0.15) is 0 Å². The normalized spacial score (nSPS) is 12.6. The number of aromatic nitrogens is 1. The van der Waals surface area contributed by atoms with Gasteiger partial charge >= 0.3 is 5.97 Å². The summed E-state index contributed by atoms with van der Waals surface area (Å²) in [6.45, 7) is 8.28. The largest absolute Gasteiger partial charge is 0.466 e. The Morgan fingerprint density at radius 3 is 2.69 bits per heavy atom. The smallest absolute Gasteiger partial charge is 0.313 e. The molecule has 0 amide bonds. The molecule has 0 radical (unpaired) electrons. The molecule has 3 nitrogen and oxygen atoms in total. The van der Waals surface area contributed by atoms with Crippen molar-refractivity contribution in [2.75, 3.05) is 6.61 Å². The van der Waals surface area contributed by atoms with Crippen LogP contribution in [0.2, 0.25) is 0 Å². The maximum Gasteiger partial charge on any atom is 0.313 e. The first-order valence-corrected chi connectivity index (χ1v) is 5.65. The number of hydrogen-bond donors (Lipinski definition) is 0. The van der Waals surface area contributed by atoms with Crippen molar-refractivity contribution in [2.45, 2.75) is 33.6 Å². The van der Waals surface area contributed by atoms with Crippen LogP contribution >= 0.6 is 0 Å². The average Bonchev–Trinajstić information content (AvgIpc) is 2.21. The Kier molecular flexibility index (Phi) is 4.47. The molecule has 3 heteroatoms. The van der Waals surface area contributed by atoms with Crippen LogP contribution in [0.3, 0.4) is 0 Å². The van der Waals surface area contributed by atoms with Gasteiger partial charge in [-0.25, -0.2) is 0 Å². The number of aryl methyl sites for hydroxylation is 1. The maximum absolute atomic E-state index is 11.9. The van der Waals surface area contributed by atoms with Gasteiger partial charge in [-0.15, -0.1) is 0 Å². The standard InChI is InChI=1S/C13H19NO2/c1-5-16-13(15)12(9(2)3)11-8-14-7-6-10(11)4/h6-9,12H,5H2,1-4H3. The lowest BCUT2D eigenvalue weighted by Gasteiger charge is -2.20. The van der Waals surface area contributed by atoms with Crippen LogP contribution in [0.15, 0.2) is 18.5 Å². The maximum atomic E-state index is 11.9. The van der Waals surface area contributed by atoms with Crippen LogP contribution in [0.25, 0.3) is 0 Å².